The van der Waals surface area contributed by atoms with E-state index in [2.05, 4.69) is 15.5 Å². The van der Waals surface area contributed by atoms with Gasteiger partial charge >= 0.3 is 0 Å². The third-order valence-electron chi connectivity index (χ3n) is 2.78. The summed E-state index contributed by atoms with van der Waals surface area (Å²) in [6.45, 7) is 2.65. The average molecular weight is 260 g/mol. The highest BCUT2D eigenvalue weighted by molar-refractivity contribution is 5.95. The Morgan fingerprint density at radius 2 is 2.42 bits per heavy atom. The molecule has 0 saturated carbocycles. The summed E-state index contributed by atoms with van der Waals surface area (Å²) in [4.78, 5) is 4.03. The summed E-state index contributed by atoms with van der Waals surface area (Å²) in [5, 5.41) is 14.9. The van der Waals surface area contributed by atoms with Crippen LogP contribution in [0.1, 0.15) is 30.0 Å². The van der Waals surface area contributed by atoms with E-state index in [1.165, 1.54) is 0 Å². The molecule has 4 N–H and O–H groups in total. The molecule has 0 radical (unpaired) electrons. The lowest BCUT2D eigenvalue weighted by Gasteiger charge is -2.11. The minimum atomic E-state index is 0.000864. The Morgan fingerprint density at radius 3 is 3.11 bits per heavy atom. The zero-order valence-electron chi connectivity index (χ0n) is 10.6. The Morgan fingerprint density at radius 1 is 1.58 bits per heavy atom. The predicted molar refractivity (Wildman–Crippen MR) is 70.7 cm³/mol. The van der Waals surface area contributed by atoms with E-state index in [1.807, 2.05) is 25.1 Å². The van der Waals surface area contributed by atoms with Gasteiger partial charge in [0.25, 0.3) is 0 Å². The van der Waals surface area contributed by atoms with Crippen LogP contribution in [0, 0.1) is 0 Å². The van der Waals surface area contributed by atoms with E-state index in [4.69, 9.17) is 15.4 Å². The fourth-order valence-electron chi connectivity index (χ4n) is 1.68. The fraction of sp³-hybridized carbons (Fsp3) is 0.231. The molecule has 6 heteroatoms. The minimum Gasteiger partial charge on any atom is -0.468 e. The molecule has 0 saturated heterocycles. The number of rotatable bonds is 5. The first-order chi connectivity index (χ1) is 9.20. The topological polar surface area (TPSA) is 96.7 Å². The third-order valence-corrected chi connectivity index (χ3v) is 2.78. The van der Waals surface area contributed by atoms with Crippen molar-refractivity contribution >= 4 is 5.84 Å². The van der Waals surface area contributed by atoms with Crippen LogP contribution >= 0.6 is 0 Å². The van der Waals surface area contributed by atoms with E-state index in [0.29, 0.717) is 12.2 Å². The van der Waals surface area contributed by atoms with Crippen molar-refractivity contribution in [3.05, 3.63) is 53.7 Å². The number of pyridine rings is 1. The van der Waals surface area contributed by atoms with Gasteiger partial charge in [0, 0.05) is 12.7 Å². The number of nitrogens with one attached hydrogen (secondary N) is 1. The molecule has 0 aliphatic heterocycles. The minimum absolute atomic E-state index is 0.000864. The lowest BCUT2D eigenvalue weighted by Crippen LogP contribution is -2.19. The van der Waals surface area contributed by atoms with Gasteiger partial charge in [0.1, 0.15) is 11.5 Å². The zero-order valence-corrected chi connectivity index (χ0v) is 10.6. The average Bonchev–Trinajstić information content (AvgIpc) is 2.98. The molecule has 0 fully saturated rings. The van der Waals surface area contributed by atoms with E-state index < -0.39 is 0 Å². The first-order valence-corrected chi connectivity index (χ1v) is 5.90. The van der Waals surface area contributed by atoms with Crippen molar-refractivity contribution in [1.29, 1.82) is 0 Å². The van der Waals surface area contributed by atoms with Gasteiger partial charge in [-0.15, -0.1) is 0 Å². The lowest BCUT2D eigenvalue weighted by atomic mass is 10.2. The number of amidine groups is 1. The molecular formula is C13H16N4O2. The summed E-state index contributed by atoms with van der Waals surface area (Å²) in [6.07, 6.45) is 3.28. The quantitative estimate of drug-likeness (QED) is 0.328. The Bertz CT molecular complexity index is 552. The van der Waals surface area contributed by atoms with E-state index >= 15 is 0 Å². The highest BCUT2D eigenvalue weighted by Gasteiger charge is 2.08. The monoisotopic (exact) mass is 260 g/mol. The van der Waals surface area contributed by atoms with E-state index in [0.717, 1.165) is 11.3 Å². The van der Waals surface area contributed by atoms with Gasteiger partial charge in [0.05, 0.1) is 12.3 Å². The van der Waals surface area contributed by atoms with Crippen molar-refractivity contribution in [2.75, 3.05) is 0 Å². The van der Waals surface area contributed by atoms with Crippen molar-refractivity contribution in [1.82, 2.24) is 10.3 Å². The van der Waals surface area contributed by atoms with Crippen molar-refractivity contribution in [3.8, 4) is 0 Å². The van der Waals surface area contributed by atoms with Crippen LogP contribution in [0.15, 0.2) is 46.3 Å². The number of hydrogen-bond donors (Lipinski definition) is 3. The van der Waals surface area contributed by atoms with Crippen LogP contribution in [0.3, 0.4) is 0 Å². The number of oxime groups is 1. The zero-order chi connectivity index (χ0) is 13.7. The van der Waals surface area contributed by atoms with Gasteiger partial charge in [-0.3, -0.25) is 4.98 Å². The van der Waals surface area contributed by atoms with Crippen molar-refractivity contribution in [3.63, 3.8) is 0 Å². The van der Waals surface area contributed by atoms with Crippen LogP contribution in [0.4, 0.5) is 0 Å². The standard InChI is InChI=1S/C13H16N4O2/c1-9(12-3-2-6-19-12)16-8-10-4-5-15-11(7-10)13(14)17-18/h2-7,9,16,18H,8H2,1H3,(H2,14,17)/t9-/m0/s1. The van der Waals surface area contributed by atoms with Gasteiger partial charge in [0.15, 0.2) is 5.84 Å². The Balaban J connectivity index is 2.00. The SMILES string of the molecule is C[C@H](NCc1ccnc(/C(N)=N/O)c1)c1ccco1. The maximum atomic E-state index is 8.62. The molecule has 2 aromatic heterocycles. The molecule has 0 spiro atoms. The second-order valence-electron chi connectivity index (χ2n) is 4.15. The molecule has 0 aliphatic carbocycles. The smallest absolute Gasteiger partial charge is 0.188 e. The van der Waals surface area contributed by atoms with Crippen LogP contribution in [0.2, 0.25) is 0 Å². The van der Waals surface area contributed by atoms with Gasteiger partial charge in [-0.05, 0) is 36.8 Å². The predicted octanol–water partition coefficient (Wildman–Crippen LogP) is 1.62. The molecule has 0 aromatic carbocycles. The molecule has 2 aromatic rings. The van der Waals surface area contributed by atoms with Gasteiger partial charge in [0.2, 0.25) is 0 Å². The van der Waals surface area contributed by atoms with Gasteiger partial charge in [-0.1, -0.05) is 5.16 Å². The maximum Gasteiger partial charge on any atom is 0.188 e. The lowest BCUT2D eigenvalue weighted by molar-refractivity contribution is 0.318. The van der Waals surface area contributed by atoms with Gasteiger partial charge < -0.3 is 20.7 Å². The van der Waals surface area contributed by atoms with Gasteiger partial charge in [-0.2, -0.15) is 0 Å². The maximum absolute atomic E-state index is 8.62. The summed E-state index contributed by atoms with van der Waals surface area (Å²) in [5.41, 5.74) is 6.95. The van der Waals surface area contributed by atoms with Gasteiger partial charge in [-0.25, -0.2) is 0 Å². The number of aromatic nitrogens is 1. The summed E-state index contributed by atoms with van der Waals surface area (Å²) in [7, 11) is 0. The normalized spacial score (nSPS) is 13.4. The summed E-state index contributed by atoms with van der Waals surface area (Å²) in [5.74, 6) is 0.881. The van der Waals surface area contributed by atoms with Crippen molar-refractivity contribution in [2.45, 2.75) is 19.5 Å². The molecule has 19 heavy (non-hydrogen) atoms. The summed E-state index contributed by atoms with van der Waals surface area (Å²) >= 11 is 0. The van der Waals surface area contributed by atoms with Crippen LogP contribution in [0.25, 0.3) is 0 Å². The first-order valence-electron chi connectivity index (χ1n) is 5.90. The highest BCUT2D eigenvalue weighted by atomic mass is 16.4. The van der Waals surface area contributed by atoms with Crippen LogP contribution in [-0.4, -0.2) is 16.0 Å². The number of furan rings is 1. The molecule has 0 unspecified atom stereocenters. The van der Waals surface area contributed by atoms with E-state index in [1.54, 1.807) is 18.5 Å². The molecule has 1 atom stereocenters. The first kappa shape index (κ1) is 13.1. The Hall–Kier alpha value is -2.34. The molecule has 0 amide bonds. The largest absolute Gasteiger partial charge is 0.468 e. The highest BCUT2D eigenvalue weighted by Crippen LogP contribution is 2.13. The summed E-state index contributed by atoms with van der Waals surface area (Å²) in [6, 6.07) is 7.53. The molecule has 6 nitrogen and oxygen atoms in total. The van der Waals surface area contributed by atoms with Crippen LogP contribution < -0.4 is 11.1 Å². The number of nitrogens with two attached hydrogens (primary N) is 1. The molecular weight excluding hydrogens is 244 g/mol. The second kappa shape index (κ2) is 6.01. The van der Waals surface area contributed by atoms with Crippen LogP contribution in [-0.2, 0) is 6.54 Å². The molecule has 0 aliphatic rings. The fourth-order valence-corrected chi connectivity index (χ4v) is 1.68. The Labute approximate surface area is 110 Å². The molecule has 2 rings (SSSR count). The number of hydrogen-bond acceptors (Lipinski definition) is 5. The third kappa shape index (κ3) is 3.32. The number of nitrogens with zero attached hydrogens (tertiary/aromatic N) is 2. The van der Waals surface area contributed by atoms with E-state index in [-0.39, 0.29) is 11.9 Å². The summed E-state index contributed by atoms with van der Waals surface area (Å²) < 4.78 is 5.32. The van der Waals surface area contributed by atoms with Crippen molar-refractivity contribution < 1.29 is 9.62 Å². The molecule has 0 bridgehead atoms. The van der Waals surface area contributed by atoms with E-state index in [9.17, 15) is 0 Å². The van der Waals surface area contributed by atoms with Crippen molar-refractivity contribution in [2.24, 2.45) is 10.9 Å². The Kier molecular flexibility index (Phi) is 4.15. The van der Waals surface area contributed by atoms with Crippen LogP contribution in [0.5, 0.6) is 0 Å². The second-order valence-corrected chi connectivity index (χ2v) is 4.15. The molecule has 100 valence electrons. The molecule has 2 heterocycles.